The predicted molar refractivity (Wildman–Crippen MR) is 48.3 cm³/mol. The van der Waals surface area contributed by atoms with Gasteiger partial charge in [-0.1, -0.05) is 12.1 Å². The molecule has 0 aliphatic heterocycles. The first-order chi connectivity index (χ1) is 6.05. The molecule has 0 aliphatic rings. The van der Waals surface area contributed by atoms with Crippen molar-refractivity contribution in [1.29, 1.82) is 0 Å². The van der Waals surface area contributed by atoms with Gasteiger partial charge in [-0.05, 0) is 12.1 Å². The molecule has 0 aromatic heterocycles. The minimum atomic E-state index is -4.00. The largest absolute Gasteiger partial charge is 0.527 e. The molecule has 0 amide bonds. The second-order valence-corrected chi connectivity index (χ2v) is 3.77. The fraction of sp³-hybridized carbons (Fsp3) is 0.143. The number of rotatable bonds is 3. The van der Waals surface area contributed by atoms with E-state index in [0.29, 0.717) is 0 Å². The molecule has 0 fully saturated rings. The zero-order chi connectivity index (χ0) is 9.90. The highest BCUT2D eigenvalue weighted by Crippen LogP contribution is 2.44. The molecule has 1 unspecified atom stereocenters. The van der Waals surface area contributed by atoms with Gasteiger partial charge in [0.25, 0.3) is 0 Å². The summed E-state index contributed by atoms with van der Waals surface area (Å²) in [6.45, 7) is 0. The summed E-state index contributed by atoms with van der Waals surface area (Å²) in [5.41, 5.74) is 5.76. The van der Waals surface area contributed by atoms with Crippen LogP contribution in [-0.2, 0) is 9.09 Å². The highest BCUT2D eigenvalue weighted by atomic mass is 31.2. The van der Waals surface area contributed by atoms with Crippen molar-refractivity contribution >= 4 is 13.5 Å². The lowest BCUT2D eigenvalue weighted by molar-refractivity contribution is 0.243. The van der Waals surface area contributed by atoms with Crippen molar-refractivity contribution in [2.45, 2.75) is 0 Å². The van der Waals surface area contributed by atoms with E-state index in [1.54, 1.807) is 18.2 Å². The van der Waals surface area contributed by atoms with Gasteiger partial charge in [0, 0.05) is 7.11 Å². The summed E-state index contributed by atoms with van der Waals surface area (Å²) in [6.07, 6.45) is 0. The van der Waals surface area contributed by atoms with Crippen LogP contribution in [0.15, 0.2) is 24.3 Å². The van der Waals surface area contributed by atoms with Gasteiger partial charge in [0.2, 0.25) is 0 Å². The second-order valence-electron chi connectivity index (χ2n) is 2.28. The maximum Gasteiger partial charge on any atom is 0.527 e. The standard InChI is InChI=1S/C7H10NO4P/c1-11-13(9,10)12-7-5-3-2-4-6(7)8/h2-5H,8H2,1H3,(H,9,10). The number of anilines is 1. The molecule has 0 saturated heterocycles. The number of hydrogen-bond acceptors (Lipinski definition) is 4. The van der Waals surface area contributed by atoms with Crippen LogP contribution in [0.5, 0.6) is 5.75 Å². The third-order valence-electron chi connectivity index (χ3n) is 1.36. The van der Waals surface area contributed by atoms with Gasteiger partial charge in [0.1, 0.15) is 0 Å². The monoisotopic (exact) mass is 203 g/mol. The van der Waals surface area contributed by atoms with Gasteiger partial charge < -0.3 is 10.3 Å². The van der Waals surface area contributed by atoms with Crippen molar-refractivity contribution < 1.29 is 18.5 Å². The first kappa shape index (κ1) is 10.1. The first-order valence-electron chi connectivity index (χ1n) is 3.48. The van der Waals surface area contributed by atoms with E-state index in [9.17, 15) is 4.57 Å². The fourth-order valence-corrected chi connectivity index (χ4v) is 1.21. The van der Waals surface area contributed by atoms with E-state index in [2.05, 4.69) is 9.05 Å². The minimum Gasteiger partial charge on any atom is -0.402 e. The lowest BCUT2D eigenvalue weighted by Gasteiger charge is -2.11. The van der Waals surface area contributed by atoms with Gasteiger partial charge in [0.05, 0.1) is 5.69 Å². The number of hydrogen-bond donors (Lipinski definition) is 2. The van der Waals surface area contributed by atoms with E-state index in [1.165, 1.54) is 6.07 Å². The molecule has 13 heavy (non-hydrogen) atoms. The predicted octanol–water partition coefficient (Wildman–Crippen LogP) is 1.39. The van der Waals surface area contributed by atoms with Crippen LogP contribution in [0, 0.1) is 0 Å². The SMILES string of the molecule is COP(=O)(O)Oc1ccccc1N. The molecule has 72 valence electrons. The van der Waals surface area contributed by atoms with E-state index in [0.717, 1.165) is 7.11 Å². The Morgan fingerprint density at radius 3 is 2.62 bits per heavy atom. The van der Waals surface area contributed by atoms with Crippen LogP contribution < -0.4 is 10.3 Å². The lowest BCUT2D eigenvalue weighted by atomic mass is 10.3. The first-order valence-corrected chi connectivity index (χ1v) is 4.97. The summed E-state index contributed by atoms with van der Waals surface area (Å²) in [6, 6.07) is 6.38. The van der Waals surface area contributed by atoms with Gasteiger partial charge >= 0.3 is 7.82 Å². The molecule has 1 aromatic rings. The maximum absolute atomic E-state index is 11.0. The van der Waals surface area contributed by atoms with E-state index in [-0.39, 0.29) is 11.4 Å². The highest BCUT2D eigenvalue weighted by molar-refractivity contribution is 7.47. The Bertz CT molecular complexity index is 341. The molecular formula is C7H10NO4P. The summed E-state index contributed by atoms with van der Waals surface area (Å²) < 4.78 is 19.8. The Hall–Kier alpha value is -1.03. The third kappa shape index (κ3) is 2.73. The zero-order valence-electron chi connectivity index (χ0n) is 7.01. The smallest absolute Gasteiger partial charge is 0.402 e. The molecule has 1 rings (SSSR count). The molecule has 6 heteroatoms. The molecule has 5 nitrogen and oxygen atoms in total. The molecule has 1 atom stereocenters. The molecule has 3 N–H and O–H groups in total. The van der Waals surface area contributed by atoms with Crippen molar-refractivity contribution in [3.63, 3.8) is 0 Å². The zero-order valence-corrected chi connectivity index (χ0v) is 7.90. The van der Waals surface area contributed by atoms with Gasteiger partial charge in [-0.2, -0.15) is 0 Å². The van der Waals surface area contributed by atoms with Crippen molar-refractivity contribution in [2.75, 3.05) is 12.8 Å². The molecule has 0 saturated carbocycles. The molecule has 0 radical (unpaired) electrons. The summed E-state index contributed by atoms with van der Waals surface area (Å²) >= 11 is 0. The number of nitrogen functional groups attached to an aromatic ring is 1. The van der Waals surface area contributed by atoms with Crippen molar-refractivity contribution in [3.05, 3.63) is 24.3 Å². The highest BCUT2D eigenvalue weighted by Gasteiger charge is 2.21. The molecule has 0 aliphatic carbocycles. The Kier molecular flexibility index (Phi) is 2.93. The molecule has 0 spiro atoms. The average Bonchev–Trinajstić information content (AvgIpc) is 2.09. The van der Waals surface area contributed by atoms with Gasteiger partial charge in [-0.15, -0.1) is 0 Å². The Morgan fingerprint density at radius 2 is 2.08 bits per heavy atom. The normalized spacial score (nSPS) is 14.9. The Labute approximate surface area is 75.7 Å². The summed E-state index contributed by atoms with van der Waals surface area (Å²) in [7, 11) is -2.92. The molecular weight excluding hydrogens is 193 g/mol. The number of phosphoric acid groups is 1. The molecule has 0 bridgehead atoms. The Morgan fingerprint density at radius 1 is 1.46 bits per heavy atom. The summed E-state index contributed by atoms with van der Waals surface area (Å²) in [5, 5.41) is 0. The molecule has 1 aromatic carbocycles. The van der Waals surface area contributed by atoms with Crippen molar-refractivity contribution in [3.8, 4) is 5.75 Å². The second kappa shape index (κ2) is 3.79. The van der Waals surface area contributed by atoms with Crippen LogP contribution >= 0.6 is 7.82 Å². The van der Waals surface area contributed by atoms with Gasteiger partial charge in [0.15, 0.2) is 5.75 Å². The van der Waals surface area contributed by atoms with E-state index >= 15 is 0 Å². The van der Waals surface area contributed by atoms with Crippen LogP contribution in [0.3, 0.4) is 0 Å². The van der Waals surface area contributed by atoms with E-state index < -0.39 is 7.82 Å². The average molecular weight is 203 g/mol. The number of para-hydroxylation sites is 2. The lowest BCUT2D eigenvalue weighted by Crippen LogP contribution is -1.96. The minimum absolute atomic E-state index is 0.134. The van der Waals surface area contributed by atoms with Crippen LogP contribution in [-0.4, -0.2) is 12.0 Å². The fourth-order valence-electron chi connectivity index (χ4n) is 0.725. The third-order valence-corrected chi connectivity index (χ3v) is 2.25. The van der Waals surface area contributed by atoms with Crippen LogP contribution in [0.25, 0.3) is 0 Å². The van der Waals surface area contributed by atoms with E-state index in [1.807, 2.05) is 0 Å². The Balaban J connectivity index is 2.86. The topological polar surface area (TPSA) is 81.8 Å². The maximum atomic E-state index is 11.0. The van der Waals surface area contributed by atoms with Gasteiger partial charge in [-0.25, -0.2) is 4.57 Å². The van der Waals surface area contributed by atoms with Crippen LogP contribution in [0.1, 0.15) is 0 Å². The van der Waals surface area contributed by atoms with Crippen LogP contribution in [0.4, 0.5) is 5.69 Å². The van der Waals surface area contributed by atoms with Crippen molar-refractivity contribution in [2.24, 2.45) is 0 Å². The summed E-state index contributed by atoms with van der Waals surface area (Å²) in [5.74, 6) is 0.134. The number of phosphoric ester groups is 1. The molecule has 0 heterocycles. The van der Waals surface area contributed by atoms with Crippen molar-refractivity contribution in [1.82, 2.24) is 0 Å². The number of benzene rings is 1. The van der Waals surface area contributed by atoms with Crippen LogP contribution in [0.2, 0.25) is 0 Å². The van der Waals surface area contributed by atoms with Gasteiger partial charge in [-0.3, -0.25) is 9.42 Å². The quantitative estimate of drug-likeness (QED) is 0.573. The summed E-state index contributed by atoms with van der Waals surface area (Å²) in [4.78, 5) is 8.96. The van der Waals surface area contributed by atoms with E-state index in [4.69, 9.17) is 10.6 Å². The number of nitrogens with two attached hydrogens (primary N) is 1.